The zero-order valence-corrected chi connectivity index (χ0v) is 12.5. The molecule has 0 bridgehead atoms. The molecule has 9 nitrogen and oxygen atoms in total. The summed E-state index contributed by atoms with van der Waals surface area (Å²) in [5, 5.41) is 10.9. The van der Waals surface area contributed by atoms with Crippen molar-refractivity contribution in [2.24, 2.45) is 0 Å². The quantitative estimate of drug-likeness (QED) is 0.648. The molecule has 22 heavy (non-hydrogen) atoms. The molecule has 0 saturated heterocycles. The number of nitrogens with zero attached hydrogens (tertiary/aromatic N) is 5. The van der Waals surface area contributed by atoms with Crippen LogP contribution in [0, 0.1) is 17.0 Å². The van der Waals surface area contributed by atoms with Crippen molar-refractivity contribution in [3.05, 3.63) is 39.7 Å². The fourth-order valence-corrected chi connectivity index (χ4v) is 1.79. The van der Waals surface area contributed by atoms with Crippen molar-refractivity contribution in [2.45, 2.75) is 13.5 Å². The normalized spacial score (nSPS) is 10.3. The average molecular weight is 304 g/mol. The van der Waals surface area contributed by atoms with E-state index < -0.39 is 4.92 Å². The summed E-state index contributed by atoms with van der Waals surface area (Å²) in [6, 6.07) is 4.64. The predicted octanol–water partition coefficient (Wildman–Crippen LogP) is 1.32. The lowest BCUT2D eigenvalue weighted by atomic mass is 10.2. The number of anilines is 2. The first kappa shape index (κ1) is 15.4. The average Bonchev–Trinajstić information content (AvgIpc) is 2.45. The first-order chi connectivity index (χ1) is 10.4. The van der Waals surface area contributed by atoms with Crippen molar-refractivity contribution in [3.8, 4) is 5.75 Å². The summed E-state index contributed by atoms with van der Waals surface area (Å²) in [5.74, 6) is 1.26. The van der Waals surface area contributed by atoms with Gasteiger partial charge in [0.2, 0.25) is 11.9 Å². The smallest absolute Gasteiger partial charge is 0.276 e. The van der Waals surface area contributed by atoms with E-state index >= 15 is 0 Å². The second-order valence-electron chi connectivity index (χ2n) is 4.75. The Bertz CT molecular complexity index is 704. The summed E-state index contributed by atoms with van der Waals surface area (Å²) in [6.45, 7) is 1.66. The zero-order chi connectivity index (χ0) is 16.3. The lowest BCUT2D eigenvalue weighted by molar-refractivity contribution is -0.385. The molecule has 0 aliphatic carbocycles. The maximum absolute atomic E-state index is 10.9. The number of nitro groups is 1. The van der Waals surface area contributed by atoms with Crippen molar-refractivity contribution in [1.29, 1.82) is 0 Å². The molecule has 0 fully saturated rings. The van der Waals surface area contributed by atoms with Gasteiger partial charge in [-0.2, -0.15) is 15.0 Å². The Morgan fingerprint density at radius 2 is 2.05 bits per heavy atom. The molecule has 116 valence electrons. The topological polar surface area (TPSA) is 120 Å². The number of hydrogen-bond acceptors (Lipinski definition) is 8. The van der Waals surface area contributed by atoms with Gasteiger partial charge in [0, 0.05) is 20.2 Å². The molecule has 0 unspecified atom stereocenters. The third kappa shape index (κ3) is 3.37. The molecule has 0 radical (unpaired) electrons. The minimum atomic E-state index is -0.451. The molecule has 9 heteroatoms. The van der Waals surface area contributed by atoms with Gasteiger partial charge < -0.3 is 15.4 Å². The van der Waals surface area contributed by atoms with Crippen molar-refractivity contribution in [3.63, 3.8) is 0 Å². The van der Waals surface area contributed by atoms with Crippen LogP contribution in [0.25, 0.3) is 0 Å². The third-order valence-corrected chi connectivity index (χ3v) is 2.90. The number of benzene rings is 1. The first-order valence-electron chi connectivity index (χ1n) is 6.43. The third-order valence-electron chi connectivity index (χ3n) is 2.90. The highest BCUT2D eigenvalue weighted by Gasteiger charge is 2.15. The fourth-order valence-electron chi connectivity index (χ4n) is 1.79. The van der Waals surface area contributed by atoms with Gasteiger partial charge in [0.15, 0.2) is 5.82 Å². The van der Waals surface area contributed by atoms with Gasteiger partial charge in [0.25, 0.3) is 5.69 Å². The van der Waals surface area contributed by atoms with E-state index in [0.29, 0.717) is 23.1 Å². The number of nitrogen functional groups attached to an aromatic ring is 1. The molecule has 0 aliphatic heterocycles. The highest BCUT2D eigenvalue weighted by atomic mass is 16.6. The number of hydrogen-bond donors (Lipinski definition) is 1. The van der Waals surface area contributed by atoms with Crippen LogP contribution in [-0.2, 0) is 6.61 Å². The van der Waals surface area contributed by atoms with Crippen molar-refractivity contribution in [2.75, 3.05) is 24.7 Å². The van der Waals surface area contributed by atoms with E-state index in [9.17, 15) is 10.1 Å². The molecule has 2 rings (SSSR count). The summed E-state index contributed by atoms with van der Waals surface area (Å²) in [6.07, 6.45) is 0. The van der Waals surface area contributed by atoms with Crippen LogP contribution in [0.4, 0.5) is 17.6 Å². The molecule has 1 aromatic heterocycles. The number of nitrogens with two attached hydrogens (primary N) is 1. The predicted molar refractivity (Wildman–Crippen MR) is 80.7 cm³/mol. The van der Waals surface area contributed by atoms with Gasteiger partial charge in [-0.15, -0.1) is 0 Å². The van der Waals surface area contributed by atoms with Gasteiger partial charge >= 0.3 is 0 Å². The molecule has 0 amide bonds. The van der Waals surface area contributed by atoms with E-state index in [0.717, 1.165) is 0 Å². The van der Waals surface area contributed by atoms with Crippen LogP contribution in [0.5, 0.6) is 5.75 Å². The van der Waals surface area contributed by atoms with Crippen molar-refractivity contribution >= 4 is 17.6 Å². The maximum Gasteiger partial charge on any atom is 0.276 e. The van der Waals surface area contributed by atoms with Crippen LogP contribution in [0.15, 0.2) is 18.2 Å². The number of aromatic nitrogens is 3. The Morgan fingerprint density at radius 3 is 2.68 bits per heavy atom. The Balaban J connectivity index is 2.20. The molecular formula is C13H16N6O3. The summed E-state index contributed by atoms with van der Waals surface area (Å²) in [5.41, 5.74) is 6.07. The van der Waals surface area contributed by atoms with Crippen LogP contribution >= 0.6 is 0 Å². The summed E-state index contributed by atoms with van der Waals surface area (Å²) in [7, 11) is 3.56. The summed E-state index contributed by atoms with van der Waals surface area (Å²) in [4.78, 5) is 24.3. The highest BCUT2D eigenvalue weighted by Crippen LogP contribution is 2.27. The minimum absolute atomic E-state index is 0.00152. The zero-order valence-electron chi connectivity index (χ0n) is 12.5. The Morgan fingerprint density at radius 1 is 1.32 bits per heavy atom. The Hall–Kier alpha value is -2.97. The van der Waals surface area contributed by atoms with Gasteiger partial charge in [0.1, 0.15) is 12.4 Å². The first-order valence-corrected chi connectivity index (χ1v) is 6.43. The van der Waals surface area contributed by atoms with Crippen LogP contribution in [0.1, 0.15) is 11.4 Å². The van der Waals surface area contributed by atoms with E-state index in [1.165, 1.54) is 6.07 Å². The van der Waals surface area contributed by atoms with Crippen molar-refractivity contribution < 1.29 is 9.66 Å². The van der Waals surface area contributed by atoms with E-state index in [1.807, 2.05) is 0 Å². The molecule has 2 N–H and O–H groups in total. The number of rotatable bonds is 5. The largest absolute Gasteiger partial charge is 0.485 e. The molecule has 0 aliphatic rings. The fraction of sp³-hybridized carbons (Fsp3) is 0.308. The Labute approximate surface area is 126 Å². The maximum atomic E-state index is 10.9. The van der Waals surface area contributed by atoms with Gasteiger partial charge in [0.05, 0.1) is 10.5 Å². The van der Waals surface area contributed by atoms with Gasteiger partial charge in [-0.25, -0.2) is 0 Å². The minimum Gasteiger partial charge on any atom is -0.485 e. The summed E-state index contributed by atoms with van der Waals surface area (Å²) >= 11 is 0. The summed E-state index contributed by atoms with van der Waals surface area (Å²) < 4.78 is 5.57. The lowest BCUT2D eigenvalue weighted by Gasteiger charge is -2.12. The monoisotopic (exact) mass is 304 g/mol. The van der Waals surface area contributed by atoms with E-state index in [4.69, 9.17) is 10.5 Å². The second kappa shape index (κ2) is 6.20. The molecule has 1 heterocycles. The van der Waals surface area contributed by atoms with Crippen LogP contribution in [0.2, 0.25) is 0 Å². The molecule has 0 saturated carbocycles. The second-order valence-corrected chi connectivity index (χ2v) is 4.75. The van der Waals surface area contributed by atoms with Crippen LogP contribution < -0.4 is 15.4 Å². The Kier molecular flexibility index (Phi) is 4.35. The number of ether oxygens (including phenoxy) is 1. The van der Waals surface area contributed by atoms with E-state index in [2.05, 4.69) is 15.0 Å². The molecule has 0 atom stereocenters. The van der Waals surface area contributed by atoms with Gasteiger partial charge in [-0.3, -0.25) is 10.1 Å². The highest BCUT2D eigenvalue weighted by molar-refractivity contribution is 5.48. The molecule has 2 aromatic rings. The van der Waals surface area contributed by atoms with Crippen LogP contribution in [0.3, 0.4) is 0 Å². The van der Waals surface area contributed by atoms with Crippen molar-refractivity contribution in [1.82, 2.24) is 15.0 Å². The molecular weight excluding hydrogens is 288 g/mol. The van der Waals surface area contributed by atoms with E-state index in [-0.39, 0.29) is 18.2 Å². The van der Waals surface area contributed by atoms with Gasteiger partial charge in [-0.05, 0) is 13.0 Å². The lowest BCUT2D eigenvalue weighted by Crippen LogP contribution is -2.17. The molecule has 0 spiro atoms. The van der Waals surface area contributed by atoms with Crippen LogP contribution in [-0.4, -0.2) is 34.0 Å². The molecule has 1 aromatic carbocycles. The van der Waals surface area contributed by atoms with Gasteiger partial charge in [-0.1, -0.05) is 6.07 Å². The number of nitro benzene ring substituents is 1. The van der Waals surface area contributed by atoms with E-state index in [1.54, 1.807) is 38.1 Å². The standard InChI is InChI=1S/C13H16N6O3/c1-8-9(19(20)21)5-4-6-10(8)22-7-11-15-12(14)17-13(16-11)18(2)3/h4-6H,7H2,1-3H3,(H2,14,15,16,17). The SMILES string of the molecule is Cc1c(OCc2nc(N)nc(N(C)C)n2)cccc1[N+](=O)[O-].